The highest BCUT2D eigenvalue weighted by Crippen LogP contribution is 2.35. The molecule has 2 aliphatic heterocycles. The number of allylic oxidation sites excluding steroid dienone is 1. The summed E-state index contributed by atoms with van der Waals surface area (Å²) in [6.07, 6.45) is 1.37. The quantitative estimate of drug-likeness (QED) is 0.169. The third-order valence-corrected chi connectivity index (χ3v) is 8.39. The average Bonchev–Trinajstić information content (AvgIpc) is 3.73. The number of aromatic nitrogens is 1. The van der Waals surface area contributed by atoms with Gasteiger partial charge in [-0.25, -0.2) is 14.6 Å². The van der Waals surface area contributed by atoms with Crippen molar-refractivity contribution in [2.45, 2.75) is 19.9 Å². The number of carbonyl (C=O) groups excluding carboxylic acids is 3. The number of likely N-dealkylation sites (N-methyl/N-ethyl adjacent to an activating group) is 1. The topological polar surface area (TPSA) is 130 Å². The van der Waals surface area contributed by atoms with E-state index >= 15 is 0 Å². The van der Waals surface area contributed by atoms with Crippen molar-refractivity contribution in [3.8, 4) is 5.75 Å². The number of amides is 1. The second-order valence-electron chi connectivity index (χ2n) is 9.91. The number of fused-ring (bicyclic) bond motifs is 2. The van der Waals surface area contributed by atoms with Crippen molar-refractivity contribution in [3.63, 3.8) is 0 Å². The summed E-state index contributed by atoms with van der Waals surface area (Å²) in [6, 6.07) is 15.9. The normalized spacial score (nSPS) is 16.8. The fourth-order valence-corrected chi connectivity index (χ4v) is 6.46. The Labute approximate surface area is 254 Å². The first-order valence-corrected chi connectivity index (χ1v) is 14.6. The Bertz CT molecular complexity index is 1990. The molecule has 2 aromatic carbocycles. The van der Waals surface area contributed by atoms with Crippen LogP contribution in [0.3, 0.4) is 0 Å². The largest absolute Gasteiger partial charge is 0.460 e. The van der Waals surface area contributed by atoms with Crippen LogP contribution < -0.4 is 24.5 Å². The fourth-order valence-electron chi connectivity index (χ4n) is 5.33. The molecule has 2 aliphatic rings. The summed E-state index contributed by atoms with van der Waals surface area (Å²) in [7, 11) is 1.50. The maximum Gasteiger partial charge on any atom is 0.379 e. The molecule has 0 unspecified atom stereocenters. The van der Waals surface area contributed by atoms with Crippen LogP contribution in [0.2, 0.25) is 0 Å². The molecule has 0 bridgehead atoms. The van der Waals surface area contributed by atoms with Gasteiger partial charge in [-0.1, -0.05) is 41.7 Å². The number of methoxy groups -OCH3 is 1. The lowest BCUT2D eigenvalue weighted by Crippen LogP contribution is -2.41. The van der Waals surface area contributed by atoms with E-state index in [2.05, 4.69) is 4.99 Å². The van der Waals surface area contributed by atoms with Gasteiger partial charge < -0.3 is 23.5 Å². The third kappa shape index (κ3) is 4.97. The van der Waals surface area contributed by atoms with Crippen LogP contribution in [-0.4, -0.2) is 49.3 Å². The highest BCUT2D eigenvalue weighted by Gasteiger charge is 2.37. The zero-order valence-electron chi connectivity index (χ0n) is 24.1. The van der Waals surface area contributed by atoms with Crippen molar-refractivity contribution in [3.05, 3.63) is 115 Å². The van der Waals surface area contributed by atoms with Crippen LogP contribution >= 0.6 is 11.3 Å². The van der Waals surface area contributed by atoms with Crippen molar-refractivity contribution in [1.82, 2.24) is 4.57 Å². The molecule has 224 valence electrons. The molecule has 44 heavy (non-hydrogen) atoms. The van der Waals surface area contributed by atoms with Crippen LogP contribution in [0.4, 0.5) is 5.69 Å². The summed E-state index contributed by atoms with van der Waals surface area (Å²) >= 11 is 1.10. The van der Waals surface area contributed by atoms with Gasteiger partial charge >= 0.3 is 11.9 Å². The van der Waals surface area contributed by atoms with Gasteiger partial charge in [0.2, 0.25) is 5.76 Å². The van der Waals surface area contributed by atoms with Crippen molar-refractivity contribution in [2.24, 2.45) is 4.99 Å². The standard InChI is InChI=1S/C32H27N3O8S/c1-4-34-22-9-6-5-8-21(22)25(28(34)36)27-29(37)35-26(24(18(2)33-32(35)44-27)31(39)42-17-16-40-3)19-11-13-20(14-12-19)43-30(38)23-10-7-15-41-23/h5-15,26H,4,16-17H2,1-3H3/b27-25-/t26-/m0/s1. The minimum atomic E-state index is -0.931. The molecule has 0 spiro atoms. The van der Waals surface area contributed by atoms with Crippen molar-refractivity contribution < 1.29 is 33.0 Å². The van der Waals surface area contributed by atoms with Crippen LogP contribution in [0.25, 0.3) is 5.57 Å². The molecule has 0 fully saturated rings. The first kappa shape index (κ1) is 29.0. The number of anilines is 1. The van der Waals surface area contributed by atoms with E-state index in [9.17, 15) is 19.2 Å². The van der Waals surface area contributed by atoms with Crippen LogP contribution in [0.1, 0.15) is 41.6 Å². The number of rotatable bonds is 8. The minimum absolute atomic E-state index is 0.00715. The number of para-hydroxylation sites is 1. The maximum absolute atomic E-state index is 14.3. The number of furan rings is 1. The van der Waals surface area contributed by atoms with Gasteiger partial charge in [-0.2, -0.15) is 0 Å². The summed E-state index contributed by atoms with van der Waals surface area (Å²) in [5.74, 6) is -1.31. The van der Waals surface area contributed by atoms with Crippen LogP contribution in [0.5, 0.6) is 5.75 Å². The molecule has 2 aromatic heterocycles. The Morgan fingerprint density at radius 2 is 1.77 bits per heavy atom. The van der Waals surface area contributed by atoms with Gasteiger partial charge in [0.15, 0.2) is 4.80 Å². The Morgan fingerprint density at radius 1 is 1.00 bits per heavy atom. The van der Waals surface area contributed by atoms with Crippen LogP contribution in [0, 0.1) is 0 Å². The summed E-state index contributed by atoms with van der Waals surface area (Å²) in [5.41, 5.74) is 2.32. The number of esters is 2. The zero-order chi connectivity index (χ0) is 31.0. The molecule has 12 heteroatoms. The number of benzene rings is 2. The smallest absolute Gasteiger partial charge is 0.379 e. The first-order valence-electron chi connectivity index (χ1n) is 13.8. The number of hydrogen-bond donors (Lipinski definition) is 0. The molecule has 6 rings (SSSR count). The summed E-state index contributed by atoms with van der Waals surface area (Å²) in [4.78, 5) is 60.2. The van der Waals surface area contributed by atoms with Gasteiger partial charge in [0.25, 0.3) is 11.5 Å². The highest BCUT2D eigenvalue weighted by atomic mass is 32.1. The van der Waals surface area contributed by atoms with E-state index in [1.807, 2.05) is 31.2 Å². The van der Waals surface area contributed by atoms with Crippen molar-refractivity contribution >= 4 is 40.4 Å². The number of carbonyl (C=O) groups is 3. The average molecular weight is 614 g/mol. The van der Waals surface area contributed by atoms with Crippen LogP contribution in [0.15, 0.2) is 92.4 Å². The molecule has 0 radical (unpaired) electrons. The Hall–Kier alpha value is -5.07. The lowest BCUT2D eigenvalue weighted by Gasteiger charge is -2.25. The maximum atomic E-state index is 14.3. The molecule has 4 heterocycles. The minimum Gasteiger partial charge on any atom is -0.460 e. The van der Waals surface area contributed by atoms with Gasteiger partial charge in [-0.15, -0.1) is 0 Å². The molecular weight excluding hydrogens is 586 g/mol. The predicted molar refractivity (Wildman–Crippen MR) is 160 cm³/mol. The Kier molecular flexibility index (Phi) is 7.85. The molecule has 1 atom stereocenters. The van der Waals surface area contributed by atoms with E-state index in [4.69, 9.17) is 18.6 Å². The third-order valence-electron chi connectivity index (χ3n) is 7.33. The second kappa shape index (κ2) is 11.9. The fraction of sp³-hybridized carbons (Fsp3) is 0.219. The molecule has 4 aromatic rings. The van der Waals surface area contributed by atoms with E-state index in [0.717, 1.165) is 17.0 Å². The molecular formula is C32H27N3O8S. The number of hydrogen-bond acceptors (Lipinski definition) is 10. The van der Waals surface area contributed by atoms with Gasteiger partial charge in [0, 0.05) is 19.2 Å². The predicted octanol–water partition coefficient (Wildman–Crippen LogP) is 2.97. The first-order chi connectivity index (χ1) is 21.3. The van der Waals surface area contributed by atoms with E-state index in [0.29, 0.717) is 33.7 Å². The SMILES string of the molecule is CCN1C(=O)/C(=c2\sc3n(c2=O)[C@@H](c2ccc(OC(=O)c4ccco4)cc2)C(C(=O)OCCOC)=C(C)N=3)c2ccccc21. The van der Waals surface area contributed by atoms with E-state index in [1.54, 1.807) is 42.2 Å². The van der Waals surface area contributed by atoms with E-state index < -0.39 is 23.5 Å². The number of nitrogens with zero attached hydrogens (tertiary/aromatic N) is 3. The van der Waals surface area contributed by atoms with E-state index in [1.165, 1.54) is 24.0 Å². The molecule has 0 saturated heterocycles. The zero-order valence-corrected chi connectivity index (χ0v) is 24.9. The van der Waals surface area contributed by atoms with Crippen molar-refractivity contribution in [2.75, 3.05) is 31.8 Å². The molecule has 1 amide bonds. The van der Waals surface area contributed by atoms with Gasteiger partial charge in [-0.05, 0) is 49.7 Å². The number of ether oxygens (including phenoxy) is 3. The van der Waals surface area contributed by atoms with Crippen molar-refractivity contribution in [1.29, 1.82) is 0 Å². The lowest BCUT2D eigenvalue weighted by atomic mass is 9.96. The Morgan fingerprint density at radius 3 is 2.48 bits per heavy atom. The monoisotopic (exact) mass is 613 g/mol. The van der Waals surface area contributed by atoms with Gasteiger partial charge in [0.05, 0.1) is 41.4 Å². The summed E-state index contributed by atoms with van der Waals surface area (Å²) in [6.45, 7) is 4.19. The van der Waals surface area contributed by atoms with E-state index in [-0.39, 0.29) is 40.7 Å². The molecule has 11 nitrogen and oxygen atoms in total. The molecule has 0 saturated carbocycles. The highest BCUT2D eigenvalue weighted by molar-refractivity contribution is 7.07. The molecule has 0 aliphatic carbocycles. The summed E-state index contributed by atoms with van der Waals surface area (Å²) < 4.78 is 22.7. The second-order valence-corrected chi connectivity index (χ2v) is 10.9. The van der Waals surface area contributed by atoms with Crippen LogP contribution in [-0.2, 0) is 19.1 Å². The number of thiazole rings is 1. The van der Waals surface area contributed by atoms with Gasteiger partial charge in [0.1, 0.15) is 16.9 Å². The van der Waals surface area contributed by atoms with Gasteiger partial charge in [-0.3, -0.25) is 14.2 Å². The molecule has 0 N–H and O–H groups in total. The summed E-state index contributed by atoms with van der Waals surface area (Å²) in [5, 5.41) is 0. The Balaban J connectivity index is 1.49. The lowest BCUT2D eigenvalue weighted by molar-refractivity contribution is -0.140.